The van der Waals surface area contributed by atoms with Gasteiger partial charge < -0.3 is 15.0 Å². The number of carbonyl (C=O) groups is 3. The third-order valence-corrected chi connectivity index (χ3v) is 5.90. The van der Waals surface area contributed by atoms with Crippen molar-refractivity contribution < 1.29 is 23.5 Å². The minimum atomic E-state index is -0.976. The van der Waals surface area contributed by atoms with Crippen LogP contribution in [0.5, 0.6) is 5.75 Å². The van der Waals surface area contributed by atoms with Crippen molar-refractivity contribution in [2.45, 2.75) is 19.0 Å². The van der Waals surface area contributed by atoms with Crippen LogP contribution >= 0.6 is 11.3 Å². The first-order chi connectivity index (χ1) is 15.5. The van der Waals surface area contributed by atoms with Gasteiger partial charge in [0.2, 0.25) is 5.91 Å². The van der Waals surface area contributed by atoms with Gasteiger partial charge >= 0.3 is 6.03 Å². The predicted molar refractivity (Wildman–Crippen MR) is 119 cm³/mol. The second kappa shape index (κ2) is 9.19. The topological polar surface area (TPSA) is 79.0 Å². The summed E-state index contributed by atoms with van der Waals surface area (Å²) < 4.78 is 18.3. The maximum atomic E-state index is 13.3. The Morgan fingerprint density at radius 3 is 2.59 bits per heavy atom. The highest BCUT2D eigenvalue weighted by molar-refractivity contribution is 7.09. The third kappa shape index (κ3) is 4.47. The summed E-state index contributed by atoms with van der Waals surface area (Å²) in [5.41, 5.74) is 0.777. The largest absolute Gasteiger partial charge is 0.497 e. The van der Waals surface area contributed by atoms with Crippen molar-refractivity contribution in [3.63, 3.8) is 0 Å². The Bertz CT molecular complexity index is 1130. The Hall–Kier alpha value is -3.72. The SMILES string of the molecule is COc1cccc(N2C(=O)C(CC(=O)Nc3ccc(F)cc3)N(Cc3cccs3)C2=O)c1. The predicted octanol–water partition coefficient (Wildman–Crippen LogP) is 4.26. The van der Waals surface area contributed by atoms with E-state index >= 15 is 0 Å². The Morgan fingerprint density at radius 1 is 1.12 bits per heavy atom. The Balaban J connectivity index is 1.59. The average molecular weight is 453 g/mol. The number of imide groups is 1. The summed E-state index contributed by atoms with van der Waals surface area (Å²) in [7, 11) is 1.50. The molecule has 9 heteroatoms. The second-order valence-electron chi connectivity index (χ2n) is 7.14. The van der Waals surface area contributed by atoms with Gasteiger partial charge in [0.05, 0.1) is 25.8 Å². The fourth-order valence-electron chi connectivity index (χ4n) is 3.49. The van der Waals surface area contributed by atoms with Gasteiger partial charge in [-0.25, -0.2) is 14.1 Å². The zero-order valence-electron chi connectivity index (χ0n) is 17.2. The molecule has 0 spiro atoms. The van der Waals surface area contributed by atoms with E-state index in [1.165, 1.54) is 47.6 Å². The van der Waals surface area contributed by atoms with E-state index in [2.05, 4.69) is 5.32 Å². The highest BCUT2D eigenvalue weighted by Crippen LogP contribution is 2.31. The molecule has 4 amide bonds. The molecule has 7 nitrogen and oxygen atoms in total. The molecule has 164 valence electrons. The van der Waals surface area contributed by atoms with E-state index in [4.69, 9.17) is 4.74 Å². The molecule has 1 aromatic heterocycles. The molecular weight excluding hydrogens is 433 g/mol. The van der Waals surface area contributed by atoms with Gasteiger partial charge in [0, 0.05) is 16.6 Å². The standard InChI is InChI=1S/C23H20FN3O4S/c1-31-18-5-2-4-17(12-18)27-22(29)20(26(23(27)30)14-19-6-3-11-32-19)13-21(28)25-16-9-7-15(24)8-10-16/h2-12,20H,13-14H2,1H3,(H,25,28). The maximum absolute atomic E-state index is 13.3. The minimum Gasteiger partial charge on any atom is -0.497 e. The lowest BCUT2D eigenvalue weighted by Gasteiger charge is -2.21. The summed E-state index contributed by atoms with van der Waals surface area (Å²) >= 11 is 1.46. The molecule has 3 aromatic rings. The van der Waals surface area contributed by atoms with Crippen molar-refractivity contribution in [3.8, 4) is 5.75 Å². The number of methoxy groups -OCH3 is 1. The van der Waals surface area contributed by atoms with Gasteiger partial charge in [0.1, 0.15) is 17.6 Å². The number of hydrogen-bond donors (Lipinski definition) is 1. The number of rotatable bonds is 7. The van der Waals surface area contributed by atoms with Gasteiger partial charge in [0.15, 0.2) is 0 Å². The summed E-state index contributed by atoms with van der Waals surface area (Å²) in [6, 6.07) is 14.2. The van der Waals surface area contributed by atoms with E-state index < -0.39 is 29.7 Å². The first-order valence-electron chi connectivity index (χ1n) is 9.82. The van der Waals surface area contributed by atoms with Crippen LogP contribution in [0.25, 0.3) is 0 Å². The van der Waals surface area contributed by atoms with Crippen LogP contribution in [0.2, 0.25) is 0 Å². The van der Waals surface area contributed by atoms with Crippen molar-refractivity contribution in [2.24, 2.45) is 0 Å². The molecule has 2 heterocycles. The number of nitrogens with zero attached hydrogens (tertiary/aromatic N) is 2. The van der Waals surface area contributed by atoms with Gasteiger partial charge in [0.25, 0.3) is 5.91 Å². The summed E-state index contributed by atoms with van der Waals surface area (Å²) in [4.78, 5) is 42.6. The molecule has 0 radical (unpaired) electrons. The molecule has 32 heavy (non-hydrogen) atoms. The molecular formula is C23H20FN3O4S. The van der Waals surface area contributed by atoms with E-state index in [0.29, 0.717) is 17.1 Å². The summed E-state index contributed by atoms with van der Waals surface area (Å²) in [5, 5.41) is 4.53. The number of nitrogens with one attached hydrogen (secondary N) is 1. The van der Waals surface area contributed by atoms with Gasteiger partial charge in [-0.15, -0.1) is 11.3 Å². The number of urea groups is 1. The molecule has 0 bridgehead atoms. The molecule has 1 N–H and O–H groups in total. The van der Waals surface area contributed by atoms with Crippen LogP contribution in [-0.2, 0) is 16.1 Å². The average Bonchev–Trinajstić information content (AvgIpc) is 3.38. The van der Waals surface area contributed by atoms with Gasteiger partial charge in [-0.1, -0.05) is 12.1 Å². The zero-order valence-corrected chi connectivity index (χ0v) is 18.0. The number of hydrogen-bond acceptors (Lipinski definition) is 5. The highest BCUT2D eigenvalue weighted by Gasteiger charge is 2.46. The highest BCUT2D eigenvalue weighted by atomic mass is 32.1. The van der Waals surface area contributed by atoms with Crippen molar-refractivity contribution in [1.29, 1.82) is 0 Å². The van der Waals surface area contributed by atoms with Crippen LogP contribution in [0.1, 0.15) is 11.3 Å². The first-order valence-corrected chi connectivity index (χ1v) is 10.7. The second-order valence-corrected chi connectivity index (χ2v) is 8.17. The Kier molecular flexibility index (Phi) is 6.18. The van der Waals surface area contributed by atoms with Crippen LogP contribution < -0.4 is 15.0 Å². The van der Waals surface area contributed by atoms with E-state index in [0.717, 1.165) is 9.78 Å². The third-order valence-electron chi connectivity index (χ3n) is 5.04. The quantitative estimate of drug-likeness (QED) is 0.542. The molecule has 1 aliphatic heterocycles. The number of halogens is 1. The van der Waals surface area contributed by atoms with Crippen molar-refractivity contribution in [1.82, 2.24) is 4.90 Å². The molecule has 1 saturated heterocycles. The number of anilines is 2. The summed E-state index contributed by atoms with van der Waals surface area (Å²) in [6.07, 6.45) is -0.228. The molecule has 1 atom stereocenters. The van der Waals surface area contributed by atoms with E-state index in [9.17, 15) is 18.8 Å². The van der Waals surface area contributed by atoms with Crippen LogP contribution in [0.4, 0.5) is 20.6 Å². The number of carbonyl (C=O) groups excluding carboxylic acids is 3. The molecule has 1 fully saturated rings. The molecule has 4 rings (SSSR count). The van der Waals surface area contributed by atoms with Gasteiger partial charge in [-0.3, -0.25) is 9.59 Å². The van der Waals surface area contributed by atoms with Crippen molar-refractivity contribution in [3.05, 3.63) is 76.7 Å². The number of benzene rings is 2. The lowest BCUT2D eigenvalue weighted by atomic mass is 10.1. The fourth-order valence-corrected chi connectivity index (χ4v) is 4.19. The van der Waals surface area contributed by atoms with Crippen molar-refractivity contribution >= 4 is 40.6 Å². The number of amides is 4. The van der Waals surface area contributed by atoms with E-state index in [1.807, 2.05) is 17.5 Å². The molecule has 2 aromatic carbocycles. The molecule has 0 aliphatic carbocycles. The van der Waals surface area contributed by atoms with Crippen molar-refractivity contribution in [2.75, 3.05) is 17.3 Å². The monoisotopic (exact) mass is 453 g/mol. The smallest absolute Gasteiger partial charge is 0.332 e. The molecule has 0 saturated carbocycles. The lowest BCUT2D eigenvalue weighted by Crippen LogP contribution is -2.37. The van der Waals surface area contributed by atoms with Crippen LogP contribution in [0, 0.1) is 5.82 Å². The first kappa shape index (κ1) is 21.5. The van der Waals surface area contributed by atoms with Crippen LogP contribution in [0.3, 0.4) is 0 Å². The maximum Gasteiger partial charge on any atom is 0.332 e. The van der Waals surface area contributed by atoms with Gasteiger partial charge in [-0.05, 0) is 47.8 Å². The minimum absolute atomic E-state index is 0.206. The number of thiophene rings is 1. The Labute approximate surface area is 188 Å². The molecule has 1 unspecified atom stereocenters. The van der Waals surface area contributed by atoms with Gasteiger partial charge in [-0.2, -0.15) is 0 Å². The van der Waals surface area contributed by atoms with Crippen LogP contribution in [-0.4, -0.2) is 35.9 Å². The van der Waals surface area contributed by atoms with E-state index in [-0.39, 0.29) is 13.0 Å². The Morgan fingerprint density at radius 2 is 1.91 bits per heavy atom. The summed E-state index contributed by atoms with van der Waals surface area (Å²) in [6.45, 7) is 0.206. The molecule has 1 aliphatic rings. The lowest BCUT2D eigenvalue weighted by molar-refractivity contribution is -0.124. The fraction of sp³-hybridized carbons (Fsp3) is 0.174. The van der Waals surface area contributed by atoms with E-state index in [1.54, 1.807) is 24.3 Å². The number of ether oxygens (including phenoxy) is 1. The summed E-state index contributed by atoms with van der Waals surface area (Å²) in [5.74, 6) is -0.860. The van der Waals surface area contributed by atoms with Crippen LogP contribution in [0.15, 0.2) is 66.0 Å². The normalized spacial score (nSPS) is 15.9. The zero-order chi connectivity index (χ0) is 22.7.